The molecule has 0 spiro atoms. The fourth-order valence-electron chi connectivity index (χ4n) is 8.82. The van der Waals surface area contributed by atoms with Gasteiger partial charge in [-0.1, -0.05) is 91.0 Å². The number of aromatic nitrogens is 1. The molecule has 2 aliphatic rings. The van der Waals surface area contributed by atoms with E-state index in [0.717, 1.165) is 49.2 Å². The minimum absolute atomic E-state index is 0.0568. The van der Waals surface area contributed by atoms with Gasteiger partial charge in [-0.3, -0.25) is 24.1 Å². The number of amides is 2. The number of esters is 1. The molecule has 5 aromatic carbocycles. The van der Waals surface area contributed by atoms with E-state index in [1.165, 1.54) is 17.7 Å². The number of hydrogen-bond donors (Lipinski definition) is 6. The lowest BCUT2D eigenvalue weighted by molar-refractivity contribution is -0.146. The van der Waals surface area contributed by atoms with E-state index in [1.807, 2.05) is 60.7 Å². The molecule has 1 saturated heterocycles. The summed E-state index contributed by atoms with van der Waals surface area (Å²) in [6.07, 6.45) is 2.98. The first-order chi connectivity index (χ1) is 32.1. The van der Waals surface area contributed by atoms with Crippen molar-refractivity contribution < 1.29 is 34.1 Å². The zero-order chi connectivity index (χ0) is 45.8. The number of phenolic OH excluding ortho intramolecular Hbond substituents is 1. The zero-order valence-electron chi connectivity index (χ0n) is 36.9. The van der Waals surface area contributed by atoms with Crippen LogP contribution in [-0.4, -0.2) is 89.4 Å². The molecule has 342 valence electrons. The Kier molecular flexibility index (Phi) is 15.2. The Bertz CT molecular complexity index is 2630. The molecule has 13 nitrogen and oxygen atoms in total. The van der Waals surface area contributed by atoms with E-state index in [1.54, 1.807) is 36.4 Å². The lowest BCUT2D eigenvalue weighted by Gasteiger charge is -2.36. The lowest BCUT2D eigenvalue weighted by Crippen LogP contribution is -2.54. The van der Waals surface area contributed by atoms with Gasteiger partial charge in [-0.15, -0.1) is 0 Å². The van der Waals surface area contributed by atoms with Crippen LogP contribution in [0.1, 0.15) is 75.9 Å². The van der Waals surface area contributed by atoms with Gasteiger partial charge in [-0.05, 0) is 122 Å². The van der Waals surface area contributed by atoms with Gasteiger partial charge in [0.05, 0.1) is 18.2 Å². The Hall–Kier alpha value is -6.80. The third-order valence-electron chi connectivity index (χ3n) is 12.6. The van der Waals surface area contributed by atoms with E-state index >= 15 is 0 Å². The average Bonchev–Trinajstić information content (AvgIpc) is 3.32. The molecular formula is C53H57N5O8. The molecule has 1 aromatic heterocycles. The van der Waals surface area contributed by atoms with Crippen molar-refractivity contribution in [2.24, 2.45) is 5.92 Å². The maximum absolute atomic E-state index is 13.8. The van der Waals surface area contributed by atoms with Gasteiger partial charge >= 0.3 is 5.97 Å². The largest absolute Gasteiger partial charge is 0.506 e. The van der Waals surface area contributed by atoms with E-state index in [-0.39, 0.29) is 54.3 Å². The SMILES string of the molecule is O=C(COc1cccc(C(C(=O)OCC2CCN(Cc3ccccc3)CC2)c2ccccc2)c1)NC1CC(NC(=O)c2ccc(CCNC[C@H](O)c3ccc(O)c4[nH]c(=O)ccc34)cc2)C1. The number of hydrogen-bond acceptors (Lipinski definition) is 10. The second-order valence-corrected chi connectivity index (χ2v) is 17.4. The summed E-state index contributed by atoms with van der Waals surface area (Å²) >= 11 is 0. The summed E-state index contributed by atoms with van der Waals surface area (Å²) < 4.78 is 11.9. The third-order valence-corrected chi connectivity index (χ3v) is 12.6. The maximum atomic E-state index is 13.8. The number of pyridine rings is 1. The number of aromatic amines is 1. The summed E-state index contributed by atoms with van der Waals surface area (Å²) in [6, 6.07) is 40.6. The summed E-state index contributed by atoms with van der Waals surface area (Å²) in [5.74, 6) is -0.684. The van der Waals surface area contributed by atoms with Crippen LogP contribution in [0.5, 0.6) is 11.5 Å². The zero-order valence-corrected chi connectivity index (χ0v) is 36.9. The minimum atomic E-state index is -0.852. The van der Waals surface area contributed by atoms with Crippen LogP contribution in [0.15, 0.2) is 138 Å². The highest BCUT2D eigenvalue weighted by Gasteiger charge is 2.32. The normalized spacial score (nSPS) is 17.3. The van der Waals surface area contributed by atoms with E-state index in [0.29, 0.717) is 66.1 Å². The molecule has 1 aliphatic heterocycles. The van der Waals surface area contributed by atoms with Crippen LogP contribution in [-0.2, 0) is 27.3 Å². The number of carbonyl (C=O) groups is 3. The van der Waals surface area contributed by atoms with Crippen molar-refractivity contribution in [1.29, 1.82) is 0 Å². The molecule has 2 amide bonds. The smallest absolute Gasteiger partial charge is 0.317 e. The number of phenols is 1. The van der Waals surface area contributed by atoms with Gasteiger partial charge in [0.1, 0.15) is 17.4 Å². The second kappa shape index (κ2) is 21.9. The molecule has 0 radical (unpaired) electrons. The van der Waals surface area contributed by atoms with Gasteiger partial charge in [0, 0.05) is 42.2 Å². The van der Waals surface area contributed by atoms with Gasteiger partial charge in [-0.25, -0.2) is 0 Å². The first-order valence-corrected chi connectivity index (χ1v) is 22.8. The molecule has 6 N–H and O–H groups in total. The summed E-state index contributed by atoms with van der Waals surface area (Å²) in [6.45, 7) is 3.90. The molecule has 6 aromatic rings. The lowest BCUT2D eigenvalue weighted by atomic mass is 9.86. The predicted molar refractivity (Wildman–Crippen MR) is 252 cm³/mol. The van der Waals surface area contributed by atoms with Gasteiger partial charge in [0.25, 0.3) is 11.8 Å². The Labute approximate surface area is 384 Å². The van der Waals surface area contributed by atoms with Crippen molar-refractivity contribution in [3.05, 3.63) is 177 Å². The van der Waals surface area contributed by atoms with Crippen LogP contribution in [0.4, 0.5) is 0 Å². The fraction of sp³-hybridized carbons (Fsp3) is 0.321. The van der Waals surface area contributed by atoms with E-state index in [9.17, 15) is 29.4 Å². The molecule has 0 bridgehead atoms. The van der Waals surface area contributed by atoms with Crippen molar-refractivity contribution in [2.75, 3.05) is 39.4 Å². The van der Waals surface area contributed by atoms with Crippen molar-refractivity contribution >= 4 is 28.7 Å². The summed E-state index contributed by atoms with van der Waals surface area (Å²) in [5.41, 5.74) is 4.97. The van der Waals surface area contributed by atoms with Crippen LogP contribution in [0.2, 0.25) is 0 Å². The van der Waals surface area contributed by atoms with Crippen LogP contribution in [0.3, 0.4) is 0 Å². The Morgan fingerprint density at radius 2 is 1.48 bits per heavy atom. The number of carbonyl (C=O) groups excluding carboxylic acids is 3. The number of aliphatic hydroxyl groups is 1. The molecule has 2 fully saturated rings. The average molecular weight is 892 g/mol. The van der Waals surface area contributed by atoms with E-state index in [4.69, 9.17) is 9.47 Å². The molecule has 1 unspecified atom stereocenters. The quantitative estimate of drug-likeness (QED) is 0.0408. The van der Waals surface area contributed by atoms with Gasteiger partial charge < -0.3 is 40.6 Å². The van der Waals surface area contributed by atoms with Crippen molar-refractivity contribution in [1.82, 2.24) is 25.8 Å². The second-order valence-electron chi connectivity index (χ2n) is 17.4. The highest BCUT2D eigenvalue weighted by Crippen LogP contribution is 2.31. The molecule has 2 heterocycles. The number of likely N-dealkylation sites (tertiary alicyclic amines) is 1. The minimum Gasteiger partial charge on any atom is -0.506 e. The number of fused-ring (bicyclic) bond motifs is 1. The van der Waals surface area contributed by atoms with Gasteiger partial charge in [0.2, 0.25) is 5.56 Å². The molecule has 1 aliphatic carbocycles. The Balaban J connectivity index is 0.738. The summed E-state index contributed by atoms with van der Waals surface area (Å²) in [7, 11) is 0. The molecule has 2 atom stereocenters. The topological polar surface area (TPSA) is 182 Å². The summed E-state index contributed by atoms with van der Waals surface area (Å²) in [5, 5.41) is 30.8. The van der Waals surface area contributed by atoms with Crippen LogP contribution < -0.4 is 26.2 Å². The highest BCUT2D eigenvalue weighted by molar-refractivity contribution is 5.94. The molecule has 1 saturated carbocycles. The maximum Gasteiger partial charge on any atom is 0.317 e. The molecular weight excluding hydrogens is 835 g/mol. The number of nitrogens with zero attached hydrogens (tertiary/aromatic N) is 1. The van der Waals surface area contributed by atoms with Crippen LogP contribution >= 0.6 is 0 Å². The number of H-pyrrole nitrogens is 1. The third kappa shape index (κ3) is 12.1. The standard InChI is InChI=1S/C53H57N5O8/c59-46-20-18-44(45-19-21-48(61)57-51(45)46)47(60)31-54-25-22-35-14-16-39(17-15-35)52(63)56-42-29-41(30-42)55-49(62)34-65-43-13-7-12-40(28-43)50(38-10-5-2-6-11-38)53(64)66-33-37-23-26-58(27-24-37)32-36-8-3-1-4-9-36/h1-21,28,37,41-42,47,50,54,59-60H,22-27,29-34H2,(H,55,62)(H,56,63)(H,57,61)/t41?,42?,47-,50?/m0/s1. The number of nitrogens with one attached hydrogen (secondary N) is 4. The van der Waals surface area contributed by atoms with Crippen LogP contribution in [0.25, 0.3) is 10.9 Å². The summed E-state index contributed by atoms with van der Waals surface area (Å²) in [4.78, 5) is 56.5. The Morgan fingerprint density at radius 3 is 2.24 bits per heavy atom. The van der Waals surface area contributed by atoms with Gasteiger partial charge in [0.15, 0.2) is 6.61 Å². The molecule has 13 heteroatoms. The van der Waals surface area contributed by atoms with Crippen molar-refractivity contribution in [2.45, 2.75) is 62.8 Å². The monoisotopic (exact) mass is 891 g/mol. The highest BCUT2D eigenvalue weighted by atomic mass is 16.5. The number of aromatic hydroxyl groups is 1. The van der Waals surface area contributed by atoms with Crippen LogP contribution in [0, 0.1) is 5.92 Å². The first-order valence-electron chi connectivity index (χ1n) is 22.8. The molecule has 8 rings (SSSR count). The fourth-order valence-corrected chi connectivity index (χ4v) is 8.82. The number of piperidine rings is 1. The first kappa shape index (κ1) is 45.8. The van der Waals surface area contributed by atoms with E-state index < -0.39 is 12.0 Å². The van der Waals surface area contributed by atoms with Crippen molar-refractivity contribution in [3.8, 4) is 11.5 Å². The van der Waals surface area contributed by atoms with E-state index in [2.05, 4.69) is 50.1 Å². The van der Waals surface area contributed by atoms with Gasteiger partial charge in [-0.2, -0.15) is 0 Å². The number of rotatable bonds is 19. The Morgan fingerprint density at radius 1 is 0.773 bits per heavy atom. The van der Waals surface area contributed by atoms with Crippen molar-refractivity contribution in [3.63, 3.8) is 0 Å². The predicted octanol–water partition coefficient (Wildman–Crippen LogP) is 6.14. The number of ether oxygens (including phenoxy) is 2. The number of aliphatic hydroxyl groups excluding tert-OH is 1. The molecule has 66 heavy (non-hydrogen) atoms. The number of benzene rings is 5.